The van der Waals surface area contributed by atoms with Crippen molar-refractivity contribution in [3.8, 4) is 0 Å². The van der Waals surface area contributed by atoms with E-state index in [4.69, 9.17) is 11.6 Å². The number of nitrogens with zero attached hydrogens (tertiary/aromatic N) is 1. The first kappa shape index (κ1) is 19.4. The maximum atomic E-state index is 12.6. The van der Waals surface area contributed by atoms with Gasteiger partial charge in [0.1, 0.15) is 0 Å². The predicted octanol–water partition coefficient (Wildman–Crippen LogP) is 4.18. The lowest BCUT2D eigenvalue weighted by molar-refractivity contribution is 0.0682. The summed E-state index contributed by atoms with van der Waals surface area (Å²) < 4.78 is 0. The van der Waals surface area contributed by atoms with E-state index in [0.717, 1.165) is 31.5 Å². The lowest BCUT2D eigenvalue weighted by Gasteiger charge is -2.31. The predicted molar refractivity (Wildman–Crippen MR) is 108 cm³/mol. The monoisotopic (exact) mass is 384 g/mol. The highest BCUT2D eigenvalue weighted by Gasteiger charge is 2.22. The standard InChI is InChI=1S/C22H25ClN2O2/c1-16-3-2-14-25(15-16)22(27)19-8-6-18(7-9-19)21(26)24-13-12-17-4-10-20(23)11-5-17/h4-11,16H,2-3,12-15H2,1H3,(H,24,26). The molecular weight excluding hydrogens is 360 g/mol. The molecule has 2 aromatic carbocycles. The van der Waals surface area contributed by atoms with Gasteiger partial charge in [-0.2, -0.15) is 0 Å². The average molecular weight is 385 g/mol. The highest BCUT2D eigenvalue weighted by atomic mass is 35.5. The van der Waals surface area contributed by atoms with Gasteiger partial charge in [0.2, 0.25) is 0 Å². The van der Waals surface area contributed by atoms with Crippen molar-refractivity contribution in [2.45, 2.75) is 26.2 Å². The van der Waals surface area contributed by atoms with Crippen LogP contribution in [0.15, 0.2) is 48.5 Å². The van der Waals surface area contributed by atoms with Crippen molar-refractivity contribution >= 4 is 23.4 Å². The molecule has 1 atom stereocenters. The van der Waals surface area contributed by atoms with Gasteiger partial charge in [-0.25, -0.2) is 0 Å². The first-order valence-electron chi connectivity index (χ1n) is 9.45. The number of likely N-dealkylation sites (tertiary alicyclic amines) is 1. The summed E-state index contributed by atoms with van der Waals surface area (Å²) in [4.78, 5) is 26.8. The van der Waals surface area contributed by atoms with Crippen LogP contribution >= 0.6 is 11.6 Å². The van der Waals surface area contributed by atoms with Crippen LogP contribution in [0.1, 0.15) is 46.0 Å². The first-order valence-corrected chi connectivity index (χ1v) is 9.82. The van der Waals surface area contributed by atoms with Crippen LogP contribution in [0.4, 0.5) is 0 Å². The lowest BCUT2D eigenvalue weighted by Crippen LogP contribution is -2.39. The summed E-state index contributed by atoms with van der Waals surface area (Å²) in [5.74, 6) is 0.471. The number of piperidine rings is 1. The van der Waals surface area contributed by atoms with Gasteiger partial charge < -0.3 is 10.2 Å². The lowest BCUT2D eigenvalue weighted by atomic mass is 9.99. The summed E-state index contributed by atoms with van der Waals surface area (Å²) in [5.41, 5.74) is 2.33. The second-order valence-electron chi connectivity index (χ2n) is 7.21. The SMILES string of the molecule is CC1CCCN(C(=O)c2ccc(C(=O)NCCc3ccc(Cl)cc3)cc2)C1. The van der Waals surface area contributed by atoms with Gasteiger partial charge in [-0.1, -0.05) is 30.7 Å². The second kappa shape index (κ2) is 9.05. The molecule has 1 unspecified atom stereocenters. The van der Waals surface area contributed by atoms with Crippen molar-refractivity contribution in [1.29, 1.82) is 0 Å². The Labute approximate surface area is 165 Å². The Morgan fingerprint density at radius 3 is 2.41 bits per heavy atom. The highest BCUT2D eigenvalue weighted by molar-refractivity contribution is 6.30. The topological polar surface area (TPSA) is 49.4 Å². The number of nitrogens with one attached hydrogen (secondary N) is 1. The van der Waals surface area contributed by atoms with Gasteiger partial charge in [0.05, 0.1) is 0 Å². The van der Waals surface area contributed by atoms with Crippen LogP contribution < -0.4 is 5.32 Å². The number of halogens is 1. The van der Waals surface area contributed by atoms with Crippen LogP contribution in [0.3, 0.4) is 0 Å². The van der Waals surface area contributed by atoms with E-state index in [9.17, 15) is 9.59 Å². The summed E-state index contributed by atoms with van der Waals surface area (Å²) in [6.45, 7) is 4.35. The molecule has 2 aromatic rings. The van der Waals surface area contributed by atoms with Crippen LogP contribution in [0.5, 0.6) is 0 Å². The Kier molecular flexibility index (Phi) is 6.51. The van der Waals surface area contributed by atoms with Gasteiger partial charge >= 0.3 is 0 Å². The van der Waals surface area contributed by atoms with E-state index in [2.05, 4.69) is 12.2 Å². The minimum absolute atomic E-state index is 0.0521. The number of rotatable bonds is 5. The molecule has 1 saturated heterocycles. The molecule has 1 heterocycles. The smallest absolute Gasteiger partial charge is 0.253 e. The third-order valence-corrected chi connectivity index (χ3v) is 5.20. The van der Waals surface area contributed by atoms with Crippen LogP contribution in [-0.4, -0.2) is 36.3 Å². The number of carbonyl (C=O) groups is 2. The molecule has 1 aliphatic heterocycles. The Balaban J connectivity index is 1.52. The van der Waals surface area contributed by atoms with Crippen LogP contribution in [0.2, 0.25) is 5.02 Å². The maximum absolute atomic E-state index is 12.6. The Hall–Kier alpha value is -2.33. The molecule has 0 aromatic heterocycles. The number of carbonyl (C=O) groups excluding carboxylic acids is 2. The van der Waals surface area contributed by atoms with Crippen molar-refractivity contribution < 1.29 is 9.59 Å². The molecule has 27 heavy (non-hydrogen) atoms. The van der Waals surface area contributed by atoms with E-state index < -0.39 is 0 Å². The third kappa shape index (κ3) is 5.33. The Morgan fingerprint density at radius 2 is 1.74 bits per heavy atom. The quantitative estimate of drug-likeness (QED) is 0.840. The normalized spacial score (nSPS) is 16.8. The van der Waals surface area contributed by atoms with Gasteiger partial charge in [-0.3, -0.25) is 9.59 Å². The highest BCUT2D eigenvalue weighted by Crippen LogP contribution is 2.18. The van der Waals surface area contributed by atoms with Gasteiger partial charge in [-0.15, -0.1) is 0 Å². The van der Waals surface area contributed by atoms with Crippen molar-refractivity contribution in [2.75, 3.05) is 19.6 Å². The summed E-state index contributed by atoms with van der Waals surface area (Å²) in [6.07, 6.45) is 2.98. The number of hydrogen-bond donors (Lipinski definition) is 1. The van der Waals surface area contributed by atoms with Crippen LogP contribution in [-0.2, 0) is 6.42 Å². The van der Waals surface area contributed by atoms with Crippen molar-refractivity contribution in [3.63, 3.8) is 0 Å². The molecule has 0 aliphatic carbocycles. The zero-order chi connectivity index (χ0) is 19.2. The minimum Gasteiger partial charge on any atom is -0.352 e. The minimum atomic E-state index is -0.130. The molecule has 142 valence electrons. The molecule has 4 nitrogen and oxygen atoms in total. The van der Waals surface area contributed by atoms with Crippen molar-refractivity contribution in [1.82, 2.24) is 10.2 Å². The number of amides is 2. The fourth-order valence-corrected chi connectivity index (χ4v) is 3.52. The third-order valence-electron chi connectivity index (χ3n) is 4.95. The summed E-state index contributed by atoms with van der Waals surface area (Å²) in [7, 11) is 0. The van der Waals surface area contributed by atoms with Gasteiger partial charge in [0.25, 0.3) is 11.8 Å². The fourth-order valence-electron chi connectivity index (χ4n) is 3.39. The van der Waals surface area contributed by atoms with E-state index in [0.29, 0.717) is 28.6 Å². The van der Waals surface area contributed by atoms with Crippen molar-refractivity contribution in [2.24, 2.45) is 5.92 Å². The van der Waals surface area contributed by atoms with E-state index in [1.165, 1.54) is 6.42 Å². The molecule has 3 rings (SSSR count). The summed E-state index contributed by atoms with van der Waals surface area (Å²) in [6, 6.07) is 14.5. The number of hydrogen-bond acceptors (Lipinski definition) is 2. The van der Waals surface area contributed by atoms with Gasteiger partial charge in [0, 0.05) is 35.8 Å². The molecule has 1 aliphatic rings. The zero-order valence-corrected chi connectivity index (χ0v) is 16.3. The van der Waals surface area contributed by atoms with Gasteiger partial charge in [0.15, 0.2) is 0 Å². The van der Waals surface area contributed by atoms with E-state index >= 15 is 0 Å². The Bertz CT molecular complexity index is 787. The zero-order valence-electron chi connectivity index (χ0n) is 15.6. The fraction of sp³-hybridized carbons (Fsp3) is 0.364. The molecule has 2 amide bonds. The molecular formula is C22H25ClN2O2. The van der Waals surface area contributed by atoms with Crippen LogP contribution in [0.25, 0.3) is 0 Å². The average Bonchev–Trinajstić information content (AvgIpc) is 2.69. The van der Waals surface area contributed by atoms with E-state index in [1.54, 1.807) is 24.3 Å². The van der Waals surface area contributed by atoms with Gasteiger partial charge in [-0.05, 0) is 67.1 Å². The first-order chi connectivity index (χ1) is 13.0. The molecule has 5 heteroatoms. The van der Waals surface area contributed by atoms with Crippen LogP contribution in [0, 0.1) is 5.92 Å². The van der Waals surface area contributed by atoms with E-state index in [1.807, 2.05) is 29.2 Å². The summed E-state index contributed by atoms with van der Waals surface area (Å²) >= 11 is 5.87. The summed E-state index contributed by atoms with van der Waals surface area (Å²) in [5, 5.41) is 3.62. The molecule has 0 saturated carbocycles. The largest absolute Gasteiger partial charge is 0.352 e. The molecule has 0 radical (unpaired) electrons. The maximum Gasteiger partial charge on any atom is 0.253 e. The second-order valence-corrected chi connectivity index (χ2v) is 7.64. The molecule has 0 spiro atoms. The molecule has 0 bridgehead atoms. The number of benzene rings is 2. The molecule has 1 fully saturated rings. The molecule has 1 N–H and O–H groups in total. The van der Waals surface area contributed by atoms with Crippen molar-refractivity contribution in [3.05, 3.63) is 70.2 Å². The van der Waals surface area contributed by atoms with E-state index in [-0.39, 0.29) is 11.8 Å². The Morgan fingerprint density at radius 1 is 1.07 bits per heavy atom.